The minimum Gasteiger partial charge on any atom is -0.312 e. The molecular weight excluding hydrogens is 318 g/mol. The lowest BCUT2D eigenvalue weighted by atomic mass is 10.1. The number of aryl methyl sites for hydroxylation is 1. The van der Waals surface area contributed by atoms with Gasteiger partial charge in [-0.1, -0.05) is 35.3 Å². The van der Waals surface area contributed by atoms with Crippen molar-refractivity contribution >= 4 is 27.3 Å². The number of benzene rings is 1. The molecule has 0 fully saturated rings. The summed E-state index contributed by atoms with van der Waals surface area (Å²) in [6.07, 6.45) is 2.39. The third kappa shape index (κ3) is 3.68. The van der Waals surface area contributed by atoms with Crippen molar-refractivity contribution in [3.63, 3.8) is 0 Å². The van der Waals surface area contributed by atoms with Gasteiger partial charge in [-0.2, -0.15) is 0 Å². The molecule has 102 valence electrons. The van der Waals surface area contributed by atoms with Gasteiger partial charge in [0.25, 0.3) is 0 Å². The number of hydrogen-bond acceptors (Lipinski definition) is 2. The Morgan fingerprint density at radius 3 is 2.68 bits per heavy atom. The van der Waals surface area contributed by atoms with Gasteiger partial charge in [0.1, 0.15) is 0 Å². The number of hydrogen-bond donors (Lipinski definition) is 1. The van der Waals surface area contributed by atoms with Crippen molar-refractivity contribution in [1.82, 2.24) is 5.32 Å². The Bertz CT molecular complexity index is 527. The van der Waals surface area contributed by atoms with Gasteiger partial charge < -0.3 is 5.32 Å². The molecule has 2 aromatic rings. The fourth-order valence-corrected chi connectivity index (χ4v) is 4.04. The van der Waals surface area contributed by atoms with Crippen LogP contribution in [0.5, 0.6) is 0 Å². The first-order valence-electron chi connectivity index (χ1n) is 6.68. The fourth-order valence-electron chi connectivity index (χ4n) is 2.29. The first-order chi connectivity index (χ1) is 9.13. The molecule has 1 unspecified atom stereocenters. The highest BCUT2D eigenvalue weighted by molar-refractivity contribution is 9.10. The Hall–Kier alpha value is -0.640. The maximum Gasteiger partial charge on any atom is 0.0412 e. The zero-order chi connectivity index (χ0) is 13.8. The van der Waals surface area contributed by atoms with Gasteiger partial charge in [-0.3, -0.25) is 0 Å². The molecule has 3 heteroatoms. The quantitative estimate of drug-likeness (QED) is 0.754. The van der Waals surface area contributed by atoms with Gasteiger partial charge in [0.05, 0.1) is 0 Å². The van der Waals surface area contributed by atoms with Crippen molar-refractivity contribution in [2.24, 2.45) is 0 Å². The number of thiophene rings is 1. The maximum atomic E-state index is 3.58. The standard InChI is InChI=1S/C16H20BrNS/c1-4-5-14(18-3)16-7-6-15(19-16)12-8-11(2)9-13(17)10-12/h6-10,14,18H,4-5H2,1-3H3. The highest BCUT2D eigenvalue weighted by atomic mass is 79.9. The lowest BCUT2D eigenvalue weighted by Gasteiger charge is -2.12. The van der Waals surface area contributed by atoms with Gasteiger partial charge in [0.2, 0.25) is 0 Å². The highest BCUT2D eigenvalue weighted by Gasteiger charge is 2.12. The molecule has 1 N–H and O–H groups in total. The first kappa shape index (κ1) is 14.8. The van der Waals surface area contributed by atoms with Gasteiger partial charge in [0.15, 0.2) is 0 Å². The molecule has 1 aromatic carbocycles. The molecule has 0 radical (unpaired) electrons. The van der Waals surface area contributed by atoms with Crippen LogP contribution >= 0.6 is 27.3 Å². The Morgan fingerprint density at radius 1 is 1.26 bits per heavy atom. The van der Waals surface area contributed by atoms with Crippen LogP contribution in [-0.2, 0) is 0 Å². The summed E-state index contributed by atoms with van der Waals surface area (Å²) in [6.45, 7) is 4.37. The maximum absolute atomic E-state index is 3.58. The van der Waals surface area contributed by atoms with E-state index < -0.39 is 0 Å². The number of rotatable bonds is 5. The van der Waals surface area contributed by atoms with Crippen LogP contribution in [0.25, 0.3) is 10.4 Å². The minimum absolute atomic E-state index is 0.483. The molecule has 19 heavy (non-hydrogen) atoms. The summed E-state index contributed by atoms with van der Waals surface area (Å²) in [6, 6.07) is 11.6. The zero-order valence-corrected chi connectivity index (χ0v) is 14.1. The summed E-state index contributed by atoms with van der Waals surface area (Å²) in [5.74, 6) is 0. The predicted octanol–water partition coefficient (Wildman–Crippen LogP) is 5.55. The Labute approximate surface area is 128 Å². The summed E-state index contributed by atoms with van der Waals surface area (Å²) in [5, 5.41) is 3.41. The van der Waals surface area contributed by atoms with E-state index >= 15 is 0 Å². The second-order valence-electron chi connectivity index (χ2n) is 4.85. The molecule has 1 nitrogen and oxygen atoms in total. The smallest absolute Gasteiger partial charge is 0.0412 e. The van der Waals surface area contributed by atoms with Gasteiger partial charge in [0, 0.05) is 20.3 Å². The molecule has 0 aliphatic heterocycles. The highest BCUT2D eigenvalue weighted by Crippen LogP contribution is 2.34. The molecule has 0 amide bonds. The summed E-state index contributed by atoms with van der Waals surface area (Å²) in [5.41, 5.74) is 2.59. The van der Waals surface area contributed by atoms with E-state index in [1.807, 2.05) is 18.4 Å². The number of nitrogens with one attached hydrogen (secondary N) is 1. The molecule has 1 heterocycles. The lowest BCUT2D eigenvalue weighted by Crippen LogP contribution is -2.14. The van der Waals surface area contributed by atoms with E-state index in [-0.39, 0.29) is 0 Å². The summed E-state index contributed by atoms with van der Waals surface area (Å²) < 4.78 is 1.15. The second-order valence-corrected chi connectivity index (χ2v) is 6.88. The normalized spacial score (nSPS) is 12.6. The lowest BCUT2D eigenvalue weighted by molar-refractivity contribution is 0.550. The molecule has 2 rings (SSSR count). The van der Waals surface area contributed by atoms with Crippen LogP contribution in [0.15, 0.2) is 34.8 Å². The molecule has 0 aliphatic carbocycles. The Morgan fingerprint density at radius 2 is 2.05 bits per heavy atom. The zero-order valence-electron chi connectivity index (χ0n) is 11.7. The average molecular weight is 338 g/mol. The van der Waals surface area contributed by atoms with Crippen molar-refractivity contribution in [2.45, 2.75) is 32.7 Å². The summed E-state index contributed by atoms with van der Waals surface area (Å²) in [4.78, 5) is 2.77. The van der Waals surface area contributed by atoms with E-state index in [2.05, 4.69) is 65.4 Å². The van der Waals surface area contributed by atoms with Gasteiger partial charge >= 0.3 is 0 Å². The number of halogens is 1. The SMILES string of the molecule is CCCC(NC)c1ccc(-c2cc(C)cc(Br)c2)s1. The van der Waals surface area contributed by atoms with Gasteiger partial charge in [-0.15, -0.1) is 11.3 Å². The topological polar surface area (TPSA) is 12.0 Å². The van der Waals surface area contributed by atoms with Crippen LogP contribution in [0, 0.1) is 6.92 Å². The molecule has 1 aromatic heterocycles. The predicted molar refractivity (Wildman–Crippen MR) is 88.9 cm³/mol. The first-order valence-corrected chi connectivity index (χ1v) is 8.29. The molecule has 0 spiro atoms. The summed E-state index contributed by atoms with van der Waals surface area (Å²) in [7, 11) is 2.04. The monoisotopic (exact) mass is 337 g/mol. The van der Waals surface area contributed by atoms with Crippen LogP contribution in [0.2, 0.25) is 0 Å². The molecular formula is C16H20BrNS. The van der Waals surface area contributed by atoms with E-state index in [1.165, 1.54) is 33.7 Å². The third-order valence-corrected chi connectivity index (χ3v) is 4.93. The molecule has 0 aliphatic rings. The van der Waals surface area contributed by atoms with E-state index in [0.717, 1.165) is 4.47 Å². The Kier molecular flexibility index (Phi) is 5.20. The van der Waals surface area contributed by atoms with Crippen molar-refractivity contribution in [3.05, 3.63) is 45.2 Å². The van der Waals surface area contributed by atoms with E-state index in [9.17, 15) is 0 Å². The van der Waals surface area contributed by atoms with Crippen molar-refractivity contribution < 1.29 is 0 Å². The minimum atomic E-state index is 0.483. The van der Waals surface area contributed by atoms with Crippen LogP contribution in [0.4, 0.5) is 0 Å². The van der Waals surface area contributed by atoms with Crippen LogP contribution in [0.1, 0.15) is 36.2 Å². The largest absolute Gasteiger partial charge is 0.312 e. The van der Waals surface area contributed by atoms with E-state index in [0.29, 0.717) is 6.04 Å². The van der Waals surface area contributed by atoms with Crippen LogP contribution in [-0.4, -0.2) is 7.05 Å². The summed E-state index contributed by atoms with van der Waals surface area (Å²) >= 11 is 5.47. The van der Waals surface area contributed by atoms with Gasteiger partial charge in [-0.05, 0) is 55.8 Å². The van der Waals surface area contributed by atoms with Crippen molar-refractivity contribution in [1.29, 1.82) is 0 Å². The van der Waals surface area contributed by atoms with Crippen molar-refractivity contribution in [3.8, 4) is 10.4 Å². The van der Waals surface area contributed by atoms with Crippen LogP contribution < -0.4 is 5.32 Å². The second kappa shape index (κ2) is 6.69. The van der Waals surface area contributed by atoms with Crippen molar-refractivity contribution in [2.75, 3.05) is 7.05 Å². The fraction of sp³-hybridized carbons (Fsp3) is 0.375. The van der Waals surface area contributed by atoms with E-state index in [1.54, 1.807) is 0 Å². The van der Waals surface area contributed by atoms with E-state index in [4.69, 9.17) is 0 Å². The van der Waals surface area contributed by atoms with Gasteiger partial charge in [-0.25, -0.2) is 0 Å². The molecule has 0 saturated heterocycles. The van der Waals surface area contributed by atoms with Crippen LogP contribution in [0.3, 0.4) is 0 Å². The Balaban J connectivity index is 2.29. The third-order valence-electron chi connectivity index (χ3n) is 3.22. The average Bonchev–Trinajstić information content (AvgIpc) is 2.84. The molecule has 0 saturated carbocycles. The molecule has 0 bridgehead atoms. The molecule has 1 atom stereocenters.